The van der Waals surface area contributed by atoms with Crippen molar-refractivity contribution in [2.24, 2.45) is 29.6 Å². The van der Waals surface area contributed by atoms with Gasteiger partial charge in [0.1, 0.15) is 0 Å². The van der Waals surface area contributed by atoms with Crippen LogP contribution in [0.2, 0.25) is 0 Å². The Kier molecular flexibility index (Phi) is 6.22. The van der Waals surface area contributed by atoms with Gasteiger partial charge in [-0.25, -0.2) is 8.78 Å². The van der Waals surface area contributed by atoms with Crippen molar-refractivity contribution in [2.45, 2.75) is 109 Å². The summed E-state index contributed by atoms with van der Waals surface area (Å²) in [6.07, 6.45) is 9.59. The largest absolute Gasteiger partial charge is 0.204 e. The molecular weight excluding hydrogens is 374 g/mol. The molecule has 4 rings (SSSR count). The molecular formula is C28H42F2. The van der Waals surface area contributed by atoms with Gasteiger partial charge in [-0.05, 0) is 91.6 Å². The minimum atomic E-state index is -1.49. The second-order valence-corrected chi connectivity index (χ2v) is 10.3. The SMILES string of the molecule is [2H]C1([2H])CC(CCC2CCC(CC)CC2)CC([2H])([2H])C1C1CCC(c2ccc(F)c(F)c2)CC1. The molecule has 1 aromatic rings. The molecule has 0 amide bonds. The third kappa shape index (κ3) is 5.65. The number of halogens is 2. The fraction of sp³-hybridized carbons (Fsp3) is 0.786. The van der Waals surface area contributed by atoms with E-state index in [0.717, 1.165) is 55.9 Å². The van der Waals surface area contributed by atoms with Gasteiger partial charge in [0.15, 0.2) is 11.6 Å². The Balaban J connectivity index is 1.33. The summed E-state index contributed by atoms with van der Waals surface area (Å²) < 4.78 is 62.5. The summed E-state index contributed by atoms with van der Waals surface area (Å²) in [5.74, 6) is -0.325. The fourth-order valence-corrected chi connectivity index (χ4v) is 6.22. The first-order chi connectivity index (χ1) is 16.1. The van der Waals surface area contributed by atoms with E-state index in [9.17, 15) is 8.78 Å². The summed E-state index contributed by atoms with van der Waals surface area (Å²) in [6, 6.07) is 4.13. The minimum absolute atomic E-state index is 0.0109. The van der Waals surface area contributed by atoms with Crippen molar-refractivity contribution < 1.29 is 14.3 Å². The highest BCUT2D eigenvalue weighted by Gasteiger charge is 2.32. The van der Waals surface area contributed by atoms with Crippen LogP contribution in [0.1, 0.15) is 120 Å². The van der Waals surface area contributed by atoms with E-state index in [0.29, 0.717) is 12.8 Å². The van der Waals surface area contributed by atoms with Crippen molar-refractivity contribution in [3.8, 4) is 0 Å². The quantitative estimate of drug-likeness (QED) is 0.430. The van der Waals surface area contributed by atoms with Crippen LogP contribution in [0, 0.1) is 41.2 Å². The molecule has 0 nitrogen and oxygen atoms in total. The highest BCUT2D eigenvalue weighted by molar-refractivity contribution is 5.22. The zero-order valence-corrected chi connectivity index (χ0v) is 18.6. The molecule has 0 bridgehead atoms. The van der Waals surface area contributed by atoms with Gasteiger partial charge < -0.3 is 0 Å². The van der Waals surface area contributed by atoms with Crippen molar-refractivity contribution in [3.05, 3.63) is 35.4 Å². The van der Waals surface area contributed by atoms with E-state index in [1.165, 1.54) is 44.2 Å². The second kappa shape index (κ2) is 10.6. The summed E-state index contributed by atoms with van der Waals surface area (Å²) >= 11 is 0. The highest BCUT2D eigenvalue weighted by Crippen LogP contribution is 2.45. The summed E-state index contributed by atoms with van der Waals surface area (Å²) in [5, 5.41) is 0. The number of rotatable bonds is 6. The van der Waals surface area contributed by atoms with Crippen LogP contribution in [0.25, 0.3) is 0 Å². The van der Waals surface area contributed by atoms with Crippen molar-refractivity contribution in [1.29, 1.82) is 0 Å². The van der Waals surface area contributed by atoms with Gasteiger partial charge in [-0.3, -0.25) is 0 Å². The number of hydrogen-bond acceptors (Lipinski definition) is 0. The van der Waals surface area contributed by atoms with Gasteiger partial charge in [-0.2, -0.15) is 0 Å². The van der Waals surface area contributed by atoms with Gasteiger partial charge in [0, 0.05) is 5.48 Å². The van der Waals surface area contributed by atoms with Crippen molar-refractivity contribution >= 4 is 0 Å². The van der Waals surface area contributed by atoms with Gasteiger partial charge in [0.2, 0.25) is 0 Å². The summed E-state index contributed by atoms with van der Waals surface area (Å²) in [6.45, 7) is 2.28. The normalized spacial score (nSPS) is 40.6. The van der Waals surface area contributed by atoms with Gasteiger partial charge in [0.05, 0.1) is 0 Å². The molecule has 2 heteroatoms. The molecule has 0 radical (unpaired) electrons. The van der Waals surface area contributed by atoms with E-state index in [2.05, 4.69) is 6.92 Å². The van der Waals surface area contributed by atoms with Crippen molar-refractivity contribution in [3.63, 3.8) is 0 Å². The molecule has 0 heterocycles. The Bertz CT molecular complexity index is 793. The topological polar surface area (TPSA) is 0 Å². The molecule has 3 fully saturated rings. The van der Waals surface area contributed by atoms with Crippen LogP contribution in [0.4, 0.5) is 8.78 Å². The molecule has 0 saturated heterocycles. The zero-order chi connectivity index (χ0) is 24.5. The molecule has 1 aromatic carbocycles. The Morgan fingerprint density at radius 3 is 1.93 bits per heavy atom. The first kappa shape index (κ1) is 17.6. The van der Waals surface area contributed by atoms with E-state index in [-0.39, 0.29) is 17.8 Å². The molecule has 0 N–H and O–H groups in total. The maximum absolute atomic E-state index is 13.7. The highest BCUT2D eigenvalue weighted by atomic mass is 19.2. The van der Waals surface area contributed by atoms with E-state index in [4.69, 9.17) is 5.48 Å². The van der Waals surface area contributed by atoms with E-state index < -0.39 is 30.3 Å². The second-order valence-electron chi connectivity index (χ2n) is 10.3. The predicted octanol–water partition coefficient (Wildman–Crippen LogP) is 9.04. The Labute approximate surface area is 188 Å². The predicted molar refractivity (Wildman–Crippen MR) is 121 cm³/mol. The molecule has 0 unspecified atom stereocenters. The van der Waals surface area contributed by atoms with E-state index >= 15 is 0 Å². The lowest BCUT2D eigenvalue weighted by Crippen LogP contribution is -2.25. The van der Waals surface area contributed by atoms with Crippen LogP contribution in [0.5, 0.6) is 0 Å². The molecule has 3 aliphatic carbocycles. The number of benzene rings is 1. The first-order valence-electron chi connectivity index (χ1n) is 14.5. The first-order valence-corrected chi connectivity index (χ1v) is 12.5. The molecule has 0 aromatic heterocycles. The van der Waals surface area contributed by atoms with E-state index in [1.807, 2.05) is 0 Å². The third-order valence-corrected chi connectivity index (χ3v) is 8.44. The van der Waals surface area contributed by atoms with Gasteiger partial charge in [-0.1, -0.05) is 70.8 Å². The molecule has 0 spiro atoms. The summed E-state index contributed by atoms with van der Waals surface area (Å²) in [7, 11) is 0. The molecule has 0 aliphatic heterocycles. The van der Waals surface area contributed by atoms with Gasteiger partial charge in [-0.15, -0.1) is 0 Å². The van der Waals surface area contributed by atoms with Gasteiger partial charge in [0.25, 0.3) is 0 Å². The average Bonchev–Trinajstić information content (AvgIpc) is 2.79. The van der Waals surface area contributed by atoms with Crippen LogP contribution in [-0.4, -0.2) is 0 Å². The molecule has 3 saturated carbocycles. The molecule has 3 aliphatic rings. The lowest BCUT2D eigenvalue weighted by molar-refractivity contribution is 0.150. The molecule has 30 heavy (non-hydrogen) atoms. The Hall–Kier alpha value is -0.920. The third-order valence-electron chi connectivity index (χ3n) is 8.44. The molecule has 0 atom stereocenters. The Morgan fingerprint density at radius 2 is 1.33 bits per heavy atom. The standard InChI is InChI=1S/C28H42F2/c1-2-20-3-5-21(6-4-20)7-8-22-9-11-23(12-10-22)24-13-15-25(16-14-24)26-17-18-27(29)28(30)19-26/h17-25H,2-16H2,1H3/i11D2,12D2. The lowest BCUT2D eigenvalue weighted by atomic mass is 9.67. The van der Waals surface area contributed by atoms with Gasteiger partial charge >= 0.3 is 0 Å². The lowest BCUT2D eigenvalue weighted by Gasteiger charge is -2.38. The maximum Gasteiger partial charge on any atom is 0.159 e. The van der Waals surface area contributed by atoms with Crippen molar-refractivity contribution in [2.75, 3.05) is 0 Å². The molecule has 168 valence electrons. The smallest absolute Gasteiger partial charge is 0.159 e. The summed E-state index contributed by atoms with van der Waals surface area (Å²) in [5.41, 5.74) is 0.806. The van der Waals surface area contributed by atoms with Crippen LogP contribution in [0.15, 0.2) is 18.2 Å². The summed E-state index contributed by atoms with van der Waals surface area (Å²) in [4.78, 5) is 0. The Morgan fingerprint density at radius 1 is 0.733 bits per heavy atom. The maximum atomic E-state index is 13.7. The minimum Gasteiger partial charge on any atom is -0.204 e. The average molecular weight is 421 g/mol. The van der Waals surface area contributed by atoms with Crippen LogP contribution >= 0.6 is 0 Å². The monoisotopic (exact) mass is 420 g/mol. The van der Waals surface area contributed by atoms with Crippen LogP contribution in [0.3, 0.4) is 0 Å². The zero-order valence-electron chi connectivity index (χ0n) is 22.6. The fourth-order valence-electron chi connectivity index (χ4n) is 6.22. The van der Waals surface area contributed by atoms with Crippen molar-refractivity contribution in [1.82, 2.24) is 0 Å². The van der Waals surface area contributed by atoms with Crippen LogP contribution in [-0.2, 0) is 0 Å². The van der Waals surface area contributed by atoms with E-state index in [1.54, 1.807) is 6.07 Å². The number of hydrogen-bond donors (Lipinski definition) is 0. The van der Waals surface area contributed by atoms with Crippen LogP contribution < -0.4 is 0 Å².